The number of aryl methyl sites for hydroxylation is 1. The Morgan fingerprint density at radius 1 is 0.875 bits per heavy atom. The van der Waals surface area contributed by atoms with Gasteiger partial charge in [0.25, 0.3) is 5.56 Å². The molecule has 0 unspecified atom stereocenters. The van der Waals surface area contributed by atoms with Crippen molar-refractivity contribution >= 4 is 22.5 Å². The van der Waals surface area contributed by atoms with E-state index in [9.17, 15) is 4.79 Å². The lowest BCUT2D eigenvalue weighted by molar-refractivity contribution is 0.304. The standard InChI is InChI=1S/C27H27ClN2O2/c1-20-10-16-23(17-11-20)32-19-7-3-2-6-18-30-26(21-12-14-22(28)15-13-21)29-25-9-5-4-8-24(25)27(30)31/h4-5,8-17H,2-3,6-7,18-19H2,1H3. The number of benzene rings is 3. The zero-order valence-corrected chi connectivity index (χ0v) is 19.0. The van der Waals surface area contributed by atoms with Gasteiger partial charge in [0.05, 0.1) is 17.5 Å². The summed E-state index contributed by atoms with van der Waals surface area (Å²) in [5.74, 6) is 1.60. The fourth-order valence-corrected chi connectivity index (χ4v) is 3.87. The Balaban J connectivity index is 1.40. The average Bonchev–Trinajstić information content (AvgIpc) is 2.81. The summed E-state index contributed by atoms with van der Waals surface area (Å²) < 4.78 is 7.60. The molecule has 0 aliphatic carbocycles. The second-order valence-electron chi connectivity index (χ2n) is 7.99. The van der Waals surface area contributed by atoms with E-state index in [4.69, 9.17) is 21.3 Å². The first-order valence-electron chi connectivity index (χ1n) is 11.1. The molecule has 5 heteroatoms. The molecule has 0 fully saturated rings. The molecule has 0 radical (unpaired) electrons. The van der Waals surface area contributed by atoms with Gasteiger partial charge in [-0.3, -0.25) is 9.36 Å². The van der Waals surface area contributed by atoms with Crippen LogP contribution < -0.4 is 10.3 Å². The number of unbranched alkanes of at least 4 members (excludes halogenated alkanes) is 3. The number of hydrogen-bond acceptors (Lipinski definition) is 3. The van der Waals surface area contributed by atoms with E-state index in [0.717, 1.165) is 37.0 Å². The smallest absolute Gasteiger partial charge is 0.261 e. The summed E-state index contributed by atoms with van der Waals surface area (Å²) in [5, 5.41) is 1.31. The normalized spacial score (nSPS) is 11.1. The molecule has 32 heavy (non-hydrogen) atoms. The zero-order chi connectivity index (χ0) is 22.3. The van der Waals surface area contributed by atoms with E-state index >= 15 is 0 Å². The molecule has 0 bridgehead atoms. The van der Waals surface area contributed by atoms with Crippen LogP contribution in [-0.4, -0.2) is 16.2 Å². The zero-order valence-electron chi connectivity index (χ0n) is 18.3. The van der Waals surface area contributed by atoms with Crippen LogP contribution in [0, 0.1) is 6.92 Å². The van der Waals surface area contributed by atoms with E-state index in [1.807, 2.05) is 60.7 Å². The van der Waals surface area contributed by atoms with Crippen molar-refractivity contribution in [3.05, 3.63) is 93.7 Å². The lowest BCUT2D eigenvalue weighted by atomic mass is 10.1. The van der Waals surface area contributed by atoms with Crippen molar-refractivity contribution in [2.45, 2.75) is 39.2 Å². The van der Waals surface area contributed by atoms with E-state index < -0.39 is 0 Å². The summed E-state index contributed by atoms with van der Waals surface area (Å²) in [6, 6.07) is 23.1. The lowest BCUT2D eigenvalue weighted by Crippen LogP contribution is -2.23. The van der Waals surface area contributed by atoms with Gasteiger partial charge in [0.1, 0.15) is 11.6 Å². The van der Waals surface area contributed by atoms with E-state index in [-0.39, 0.29) is 5.56 Å². The molecular formula is C27H27ClN2O2. The largest absolute Gasteiger partial charge is 0.494 e. The van der Waals surface area contributed by atoms with Crippen molar-refractivity contribution in [2.24, 2.45) is 0 Å². The van der Waals surface area contributed by atoms with Crippen LogP contribution in [0.1, 0.15) is 31.2 Å². The van der Waals surface area contributed by atoms with E-state index in [1.54, 1.807) is 4.57 Å². The van der Waals surface area contributed by atoms with Crippen molar-refractivity contribution in [3.63, 3.8) is 0 Å². The van der Waals surface area contributed by atoms with Gasteiger partial charge in [-0.2, -0.15) is 0 Å². The van der Waals surface area contributed by atoms with Gasteiger partial charge < -0.3 is 4.74 Å². The third-order valence-corrected chi connectivity index (χ3v) is 5.78. The molecule has 1 aromatic heterocycles. The van der Waals surface area contributed by atoms with Gasteiger partial charge >= 0.3 is 0 Å². The molecule has 0 aliphatic heterocycles. The van der Waals surface area contributed by atoms with Crippen LogP contribution in [-0.2, 0) is 6.54 Å². The minimum absolute atomic E-state index is 0.00301. The number of halogens is 1. The first-order chi connectivity index (χ1) is 15.6. The first kappa shape index (κ1) is 22.1. The molecule has 4 rings (SSSR count). The predicted molar refractivity (Wildman–Crippen MR) is 132 cm³/mol. The number of para-hydroxylation sites is 1. The predicted octanol–water partition coefficient (Wildman–Crippen LogP) is 6.66. The van der Waals surface area contributed by atoms with E-state index in [0.29, 0.717) is 34.9 Å². The molecule has 4 nitrogen and oxygen atoms in total. The van der Waals surface area contributed by atoms with Gasteiger partial charge in [0.15, 0.2) is 0 Å². The summed E-state index contributed by atoms with van der Waals surface area (Å²) in [6.07, 6.45) is 3.97. The summed E-state index contributed by atoms with van der Waals surface area (Å²) in [4.78, 5) is 18.0. The number of fused-ring (bicyclic) bond motifs is 1. The maximum Gasteiger partial charge on any atom is 0.261 e. The van der Waals surface area contributed by atoms with E-state index in [1.165, 1.54) is 5.56 Å². The van der Waals surface area contributed by atoms with Crippen LogP contribution in [0.2, 0.25) is 5.02 Å². The molecule has 0 N–H and O–H groups in total. The molecule has 0 aliphatic rings. The molecule has 0 atom stereocenters. The fourth-order valence-electron chi connectivity index (χ4n) is 3.74. The van der Waals surface area contributed by atoms with Crippen LogP contribution in [0.4, 0.5) is 0 Å². The van der Waals surface area contributed by atoms with Gasteiger partial charge in [-0.05, 0) is 68.3 Å². The van der Waals surface area contributed by atoms with Crippen LogP contribution in [0.25, 0.3) is 22.3 Å². The van der Waals surface area contributed by atoms with Crippen LogP contribution in [0.3, 0.4) is 0 Å². The van der Waals surface area contributed by atoms with Gasteiger partial charge in [-0.15, -0.1) is 0 Å². The molecule has 0 saturated heterocycles. The SMILES string of the molecule is Cc1ccc(OCCCCCCn2c(-c3ccc(Cl)cc3)nc3ccccc3c2=O)cc1. The van der Waals surface area contributed by atoms with Gasteiger partial charge in [0, 0.05) is 17.1 Å². The minimum atomic E-state index is 0.00301. The highest BCUT2D eigenvalue weighted by Gasteiger charge is 2.12. The van der Waals surface area contributed by atoms with E-state index in [2.05, 4.69) is 19.1 Å². The number of ether oxygens (including phenoxy) is 1. The summed E-state index contributed by atoms with van der Waals surface area (Å²) in [6.45, 7) is 3.41. The van der Waals surface area contributed by atoms with Gasteiger partial charge in [-0.25, -0.2) is 4.98 Å². The summed E-state index contributed by atoms with van der Waals surface area (Å²) in [5.41, 5.74) is 2.84. The molecular weight excluding hydrogens is 420 g/mol. The minimum Gasteiger partial charge on any atom is -0.494 e. The maximum atomic E-state index is 13.2. The Morgan fingerprint density at radius 3 is 2.38 bits per heavy atom. The second-order valence-corrected chi connectivity index (χ2v) is 8.43. The lowest BCUT2D eigenvalue weighted by Gasteiger charge is -2.14. The number of nitrogens with zero attached hydrogens (tertiary/aromatic N) is 2. The Morgan fingerprint density at radius 2 is 1.59 bits per heavy atom. The van der Waals surface area contributed by atoms with Crippen LogP contribution in [0.15, 0.2) is 77.6 Å². The van der Waals surface area contributed by atoms with Gasteiger partial charge in [-0.1, -0.05) is 54.3 Å². The molecule has 4 aromatic rings. The number of hydrogen-bond donors (Lipinski definition) is 0. The molecule has 164 valence electrons. The molecule has 0 saturated carbocycles. The molecule has 1 heterocycles. The van der Waals surface area contributed by atoms with Crippen molar-refractivity contribution in [2.75, 3.05) is 6.61 Å². The summed E-state index contributed by atoms with van der Waals surface area (Å²) in [7, 11) is 0. The van der Waals surface area contributed by atoms with Crippen molar-refractivity contribution in [1.29, 1.82) is 0 Å². The highest BCUT2D eigenvalue weighted by Crippen LogP contribution is 2.22. The van der Waals surface area contributed by atoms with Gasteiger partial charge in [0.2, 0.25) is 0 Å². The molecule has 3 aromatic carbocycles. The monoisotopic (exact) mass is 446 g/mol. The van der Waals surface area contributed by atoms with Crippen LogP contribution in [0.5, 0.6) is 5.75 Å². The summed E-state index contributed by atoms with van der Waals surface area (Å²) >= 11 is 6.06. The Bertz CT molecular complexity index is 1230. The molecule has 0 amide bonds. The maximum absolute atomic E-state index is 13.2. The first-order valence-corrected chi connectivity index (χ1v) is 11.4. The number of aromatic nitrogens is 2. The van der Waals surface area contributed by atoms with Crippen LogP contribution >= 0.6 is 11.6 Å². The Hall–Kier alpha value is -3.11. The Kier molecular flexibility index (Phi) is 7.23. The van der Waals surface area contributed by atoms with Crippen molar-refractivity contribution in [1.82, 2.24) is 9.55 Å². The van der Waals surface area contributed by atoms with Crippen molar-refractivity contribution < 1.29 is 4.74 Å². The highest BCUT2D eigenvalue weighted by atomic mass is 35.5. The topological polar surface area (TPSA) is 44.1 Å². The second kappa shape index (κ2) is 10.5. The molecule has 0 spiro atoms. The highest BCUT2D eigenvalue weighted by molar-refractivity contribution is 6.30. The third kappa shape index (κ3) is 5.38. The fraction of sp³-hybridized carbons (Fsp3) is 0.259. The Labute approximate surface area is 193 Å². The number of rotatable bonds is 9. The third-order valence-electron chi connectivity index (χ3n) is 5.53. The average molecular weight is 447 g/mol. The van der Waals surface area contributed by atoms with Crippen molar-refractivity contribution in [3.8, 4) is 17.1 Å². The quantitative estimate of drug-likeness (QED) is 0.270.